The van der Waals surface area contributed by atoms with Crippen LogP contribution in [-0.2, 0) is 4.79 Å². The van der Waals surface area contributed by atoms with Gasteiger partial charge in [0, 0.05) is 17.5 Å². The molecule has 1 saturated carbocycles. The van der Waals surface area contributed by atoms with Crippen LogP contribution in [0.3, 0.4) is 0 Å². The monoisotopic (exact) mass is 309 g/mol. The Morgan fingerprint density at radius 1 is 1.33 bits per heavy atom. The summed E-state index contributed by atoms with van der Waals surface area (Å²) in [6.45, 7) is 9.84. The molecule has 0 radical (unpaired) electrons. The minimum atomic E-state index is -0.246. The zero-order chi connectivity index (χ0) is 15.5. The summed E-state index contributed by atoms with van der Waals surface area (Å²) in [5, 5.41) is 3.83. The fourth-order valence-electron chi connectivity index (χ4n) is 3.14. The Morgan fingerprint density at radius 2 is 2.00 bits per heavy atom. The summed E-state index contributed by atoms with van der Waals surface area (Å²) in [6, 6.07) is 2.88. The van der Waals surface area contributed by atoms with Crippen LogP contribution in [-0.4, -0.2) is 29.5 Å². The van der Waals surface area contributed by atoms with E-state index >= 15 is 0 Å². The Bertz CT molecular complexity index is 441. The highest BCUT2D eigenvalue weighted by molar-refractivity contribution is 7.08. The van der Waals surface area contributed by atoms with Crippen molar-refractivity contribution in [3.05, 3.63) is 16.8 Å². The Balaban J connectivity index is 1.96. The van der Waals surface area contributed by atoms with Crippen LogP contribution in [0.5, 0.6) is 5.75 Å². The van der Waals surface area contributed by atoms with Gasteiger partial charge in [0.1, 0.15) is 5.75 Å². The molecule has 0 atom stereocenters. The summed E-state index contributed by atoms with van der Waals surface area (Å²) < 4.78 is 5.57. The number of hydrogen-bond acceptors (Lipinski definition) is 4. The summed E-state index contributed by atoms with van der Waals surface area (Å²) in [6.07, 6.45) is 3.99. The van der Waals surface area contributed by atoms with E-state index in [9.17, 15) is 4.79 Å². The summed E-state index contributed by atoms with van der Waals surface area (Å²) in [4.78, 5) is 15.0. The predicted molar refractivity (Wildman–Crippen MR) is 87.8 cm³/mol. The van der Waals surface area contributed by atoms with E-state index in [1.807, 2.05) is 16.8 Å². The Morgan fingerprint density at radius 3 is 2.43 bits per heavy atom. The summed E-state index contributed by atoms with van der Waals surface area (Å²) in [5.74, 6) is 0.667. The van der Waals surface area contributed by atoms with E-state index in [1.165, 1.54) is 0 Å². The molecule has 1 aliphatic carbocycles. The summed E-state index contributed by atoms with van der Waals surface area (Å²) >= 11 is 1.56. The molecule has 0 unspecified atom stereocenters. The average Bonchev–Trinajstić information content (AvgIpc) is 2.83. The van der Waals surface area contributed by atoms with Gasteiger partial charge in [-0.1, -0.05) is 6.42 Å². The van der Waals surface area contributed by atoms with E-state index in [1.54, 1.807) is 11.3 Å². The molecule has 0 N–H and O–H groups in total. The van der Waals surface area contributed by atoms with Crippen molar-refractivity contribution in [1.29, 1.82) is 0 Å². The molecule has 4 heteroatoms. The second kappa shape index (κ2) is 6.93. The lowest BCUT2D eigenvalue weighted by molar-refractivity contribution is -0.152. The number of hydrogen-bond donors (Lipinski definition) is 0. The lowest BCUT2D eigenvalue weighted by Crippen LogP contribution is -2.46. The van der Waals surface area contributed by atoms with Crippen molar-refractivity contribution >= 4 is 17.3 Å². The quantitative estimate of drug-likeness (QED) is 0.702. The van der Waals surface area contributed by atoms with Gasteiger partial charge >= 0.3 is 5.97 Å². The maximum absolute atomic E-state index is 12.5. The second-order valence-corrected chi connectivity index (χ2v) is 7.44. The van der Waals surface area contributed by atoms with Crippen LogP contribution in [0.15, 0.2) is 16.8 Å². The third-order valence-electron chi connectivity index (χ3n) is 4.62. The molecule has 0 aliphatic heterocycles. The number of rotatable bonds is 7. The van der Waals surface area contributed by atoms with Gasteiger partial charge in [0.15, 0.2) is 0 Å². The predicted octanol–water partition coefficient (Wildman–Crippen LogP) is 4.33. The van der Waals surface area contributed by atoms with E-state index in [0.717, 1.165) is 32.2 Å². The minimum absolute atomic E-state index is 0.0281. The molecule has 1 aromatic rings. The Kier molecular flexibility index (Phi) is 5.44. The van der Waals surface area contributed by atoms with Crippen LogP contribution in [0.4, 0.5) is 0 Å². The molecule has 21 heavy (non-hydrogen) atoms. The third-order valence-corrected chi connectivity index (χ3v) is 5.29. The molecule has 0 spiro atoms. The zero-order valence-corrected chi connectivity index (χ0v) is 14.4. The van der Waals surface area contributed by atoms with E-state index in [4.69, 9.17) is 4.74 Å². The standard InChI is InChI=1S/C17H27NO2S/c1-13(2)18(14(3)4)10-9-17(7-5-8-17)16(19)20-15-6-11-21-12-15/h6,11-14H,5,7-10H2,1-4H3. The highest BCUT2D eigenvalue weighted by Crippen LogP contribution is 2.45. The molecule has 1 fully saturated rings. The number of nitrogens with zero attached hydrogens (tertiary/aromatic N) is 1. The molecule has 0 bridgehead atoms. The number of carbonyl (C=O) groups is 1. The smallest absolute Gasteiger partial charge is 0.317 e. The van der Waals surface area contributed by atoms with Gasteiger partial charge in [0.05, 0.1) is 5.41 Å². The van der Waals surface area contributed by atoms with Crippen LogP contribution in [0.25, 0.3) is 0 Å². The van der Waals surface area contributed by atoms with Gasteiger partial charge < -0.3 is 4.74 Å². The van der Waals surface area contributed by atoms with Crippen LogP contribution in [0.1, 0.15) is 53.4 Å². The van der Waals surface area contributed by atoms with Crippen LogP contribution < -0.4 is 4.74 Å². The van der Waals surface area contributed by atoms with Crippen LogP contribution in [0.2, 0.25) is 0 Å². The summed E-state index contributed by atoms with van der Waals surface area (Å²) in [5.41, 5.74) is -0.246. The topological polar surface area (TPSA) is 29.5 Å². The van der Waals surface area contributed by atoms with Crippen molar-refractivity contribution in [3.8, 4) is 5.75 Å². The fraction of sp³-hybridized carbons (Fsp3) is 0.706. The molecule has 118 valence electrons. The van der Waals surface area contributed by atoms with Gasteiger partial charge in [-0.25, -0.2) is 0 Å². The Labute approximate surface area is 132 Å². The third kappa shape index (κ3) is 3.86. The van der Waals surface area contributed by atoms with E-state index in [2.05, 4.69) is 32.6 Å². The maximum Gasteiger partial charge on any atom is 0.317 e. The second-order valence-electron chi connectivity index (χ2n) is 6.66. The first-order valence-corrected chi connectivity index (χ1v) is 8.89. The van der Waals surface area contributed by atoms with Crippen molar-refractivity contribution in [1.82, 2.24) is 4.90 Å². The molecule has 1 heterocycles. The average molecular weight is 309 g/mol. The van der Waals surface area contributed by atoms with Crippen molar-refractivity contribution in [2.75, 3.05) is 6.54 Å². The van der Waals surface area contributed by atoms with Crippen LogP contribution in [0, 0.1) is 5.41 Å². The van der Waals surface area contributed by atoms with Crippen molar-refractivity contribution in [2.24, 2.45) is 5.41 Å². The normalized spacial score (nSPS) is 17.3. The molecule has 3 nitrogen and oxygen atoms in total. The molecule has 1 aromatic heterocycles. The molecule has 0 aromatic carbocycles. The van der Waals surface area contributed by atoms with E-state index in [-0.39, 0.29) is 11.4 Å². The van der Waals surface area contributed by atoms with Gasteiger partial charge in [0.25, 0.3) is 0 Å². The van der Waals surface area contributed by atoms with Crippen molar-refractivity contribution in [3.63, 3.8) is 0 Å². The first-order chi connectivity index (χ1) is 9.94. The first-order valence-electron chi connectivity index (χ1n) is 7.95. The lowest BCUT2D eigenvalue weighted by atomic mass is 9.66. The SMILES string of the molecule is CC(C)N(CCC1(C(=O)Oc2ccsc2)CCC1)C(C)C. The molecule has 0 amide bonds. The fourth-order valence-corrected chi connectivity index (χ4v) is 3.69. The maximum atomic E-state index is 12.5. The molecular formula is C17H27NO2S. The highest BCUT2D eigenvalue weighted by atomic mass is 32.1. The van der Waals surface area contributed by atoms with Crippen LogP contribution >= 0.6 is 11.3 Å². The van der Waals surface area contributed by atoms with Crippen molar-refractivity contribution < 1.29 is 9.53 Å². The van der Waals surface area contributed by atoms with E-state index in [0.29, 0.717) is 17.8 Å². The molecule has 2 rings (SSSR count). The highest BCUT2D eigenvalue weighted by Gasteiger charge is 2.45. The van der Waals surface area contributed by atoms with Gasteiger partial charge in [-0.05, 0) is 64.9 Å². The van der Waals surface area contributed by atoms with Gasteiger partial charge in [-0.2, -0.15) is 0 Å². The number of ether oxygens (including phenoxy) is 1. The van der Waals surface area contributed by atoms with Gasteiger partial charge in [-0.15, -0.1) is 11.3 Å². The Hall–Kier alpha value is -0.870. The zero-order valence-electron chi connectivity index (χ0n) is 13.6. The van der Waals surface area contributed by atoms with Gasteiger partial charge in [-0.3, -0.25) is 9.69 Å². The first kappa shape index (κ1) is 16.5. The minimum Gasteiger partial charge on any atom is -0.425 e. The van der Waals surface area contributed by atoms with Crippen molar-refractivity contribution in [2.45, 2.75) is 65.5 Å². The summed E-state index contributed by atoms with van der Waals surface area (Å²) in [7, 11) is 0. The number of thiophene rings is 1. The van der Waals surface area contributed by atoms with E-state index < -0.39 is 0 Å². The number of esters is 1. The molecular weight excluding hydrogens is 282 g/mol. The number of carbonyl (C=O) groups excluding carboxylic acids is 1. The van der Waals surface area contributed by atoms with Gasteiger partial charge in [0.2, 0.25) is 0 Å². The largest absolute Gasteiger partial charge is 0.425 e. The molecule has 0 saturated heterocycles. The molecule has 1 aliphatic rings. The lowest BCUT2D eigenvalue weighted by Gasteiger charge is -2.41.